The molecule has 1 saturated heterocycles. The third-order valence-corrected chi connectivity index (χ3v) is 3.65. The minimum absolute atomic E-state index is 0.170. The van der Waals surface area contributed by atoms with Crippen molar-refractivity contribution in [2.75, 3.05) is 26.3 Å². The van der Waals surface area contributed by atoms with Crippen LogP contribution in [0, 0.1) is 0 Å². The third kappa shape index (κ3) is 3.50. The van der Waals surface area contributed by atoms with Gasteiger partial charge in [-0.05, 0) is 17.7 Å². The summed E-state index contributed by atoms with van der Waals surface area (Å²) in [5.74, 6) is 0. The zero-order valence-corrected chi connectivity index (χ0v) is 10.3. The van der Waals surface area contributed by atoms with E-state index in [1.807, 2.05) is 6.07 Å². The van der Waals surface area contributed by atoms with Gasteiger partial charge in [0, 0.05) is 19.6 Å². The van der Waals surface area contributed by atoms with Crippen LogP contribution in [0.5, 0.6) is 0 Å². The second kappa shape index (κ2) is 5.14. The number of rotatable bonds is 3. The summed E-state index contributed by atoms with van der Waals surface area (Å²) in [5.41, 5.74) is 0.957. The molecule has 1 fully saturated rings. The van der Waals surface area contributed by atoms with Crippen LogP contribution in [0.25, 0.3) is 0 Å². The van der Waals surface area contributed by atoms with E-state index in [2.05, 4.69) is 4.90 Å². The van der Waals surface area contributed by atoms with Gasteiger partial charge in [0.15, 0.2) is 0 Å². The van der Waals surface area contributed by atoms with Crippen molar-refractivity contribution in [3.05, 3.63) is 29.8 Å². The monoisotopic (exact) mass is 256 g/mol. The predicted octanol–water partition coefficient (Wildman–Crippen LogP) is 0.166. The Morgan fingerprint density at radius 2 is 2.00 bits per heavy atom. The number of sulfonamides is 1. The van der Waals surface area contributed by atoms with Gasteiger partial charge >= 0.3 is 0 Å². The van der Waals surface area contributed by atoms with Crippen molar-refractivity contribution in [2.45, 2.75) is 11.4 Å². The van der Waals surface area contributed by atoms with Crippen LogP contribution in [0.2, 0.25) is 0 Å². The molecule has 0 saturated carbocycles. The van der Waals surface area contributed by atoms with Crippen molar-refractivity contribution >= 4 is 10.0 Å². The van der Waals surface area contributed by atoms with Crippen LogP contribution < -0.4 is 5.14 Å². The molecule has 0 aliphatic carbocycles. The number of hydrogen-bond donors (Lipinski definition) is 1. The van der Waals surface area contributed by atoms with Crippen molar-refractivity contribution in [1.82, 2.24) is 4.90 Å². The van der Waals surface area contributed by atoms with Gasteiger partial charge in [0.1, 0.15) is 0 Å². The van der Waals surface area contributed by atoms with Crippen LogP contribution in [-0.2, 0) is 21.3 Å². The fraction of sp³-hybridized carbons (Fsp3) is 0.455. The van der Waals surface area contributed by atoms with Crippen molar-refractivity contribution in [3.63, 3.8) is 0 Å². The van der Waals surface area contributed by atoms with Crippen LogP contribution in [0.4, 0.5) is 0 Å². The molecule has 1 aromatic rings. The highest BCUT2D eigenvalue weighted by molar-refractivity contribution is 7.89. The van der Waals surface area contributed by atoms with E-state index in [4.69, 9.17) is 9.88 Å². The lowest BCUT2D eigenvalue weighted by atomic mass is 10.2. The van der Waals surface area contributed by atoms with E-state index in [1.165, 1.54) is 6.07 Å². The molecule has 0 aromatic heterocycles. The standard InChI is InChI=1S/C11H16N2O3S/c12-17(14,15)11-3-1-2-10(8-11)9-13-4-6-16-7-5-13/h1-3,8H,4-7,9H2,(H2,12,14,15). The zero-order chi connectivity index (χ0) is 12.3. The van der Waals surface area contributed by atoms with Gasteiger partial charge < -0.3 is 4.74 Å². The van der Waals surface area contributed by atoms with E-state index in [0.717, 1.165) is 38.4 Å². The smallest absolute Gasteiger partial charge is 0.238 e. The van der Waals surface area contributed by atoms with Crippen LogP contribution in [0.15, 0.2) is 29.2 Å². The molecular weight excluding hydrogens is 240 g/mol. The number of hydrogen-bond acceptors (Lipinski definition) is 4. The van der Waals surface area contributed by atoms with Gasteiger partial charge in [0.2, 0.25) is 10.0 Å². The molecule has 1 aromatic carbocycles. The average Bonchev–Trinajstić information content (AvgIpc) is 2.29. The Balaban J connectivity index is 2.11. The van der Waals surface area contributed by atoms with E-state index in [1.54, 1.807) is 12.1 Å². The SMILES string of the molecule is NS(=O)(=O)c1cccc(CN2CCOCC2)c1. The Bertz CT molecular complexity index is 481. The zero-order valence-electron chi connectivity index (χ0n) is 9.50. The Hall–Kier alpha value is -0.950. The van der Waals surface area contributed by atoms with Crippen molar-refractivity contribution in [2.24, 2.45) is 5.14 Å². The molecule has 0 bridgehead atoms. The second-order valence-corrected chi connectivity index (χ2v) is 5.64. The van der Waals surface area contributed by atoms with Crippen LogP contribution in [0.1, 0.15) is 5.56 Å². The second-order valence-electron chi connectivity index (χ2n) is 4.08. The van der Waals surface area contributed by atoms with Gasteiger partial charge in [-0.2, -0.15) is 0 Å². The van der Waals surface area contributed by atoms with Crippen LogP contribution in [0.3, 0.4) is 0 Å². The Labute approximate surface area is 101 Å². The van der Waals surface area contributed by atoms with Gasteiger partial charge in [0.05, 0.1) is 18.1 Å². The number of nitrogens with zero attached hydrogens (tertiary/aromatic N) is 1. The summed E-state index contributed by atoms with van der Waals surface area (Å²) < 4.78 is 27.7. The fourth-order valence-electron chi connectivity index (χ4n) is 1.84. The van der Waals surface area contributed by atoms with Crippen molar-refractivity contribution in [1.29, 1.82) is 0 Å². The molecule has 94 valence electrons. The summed E-state index contributed by atoms with van der Waals surface area (Å²) in [4.78, 5) is 2.40. The van der Waals surface area contributed by atoms with Crippen molar-refractivity contribution < 1.29 is 13.2 Å². The molecule has 0 atom stereocenters. The normalized spacial score (nSPS) is 18.2. The van der Waals surface area contributed by atoms with E-state index < -0.39 is 10.0 Å². The lowest BCUT2D eigenvalue weighted by Crippen LogP contribution is -2.35. The van der Waals surface area contributed by atoms with E-state index in [0.29, 0.717) is 0 Å². The van der Waals surface area contributed by atoms with Gasteiger partial charge in [-0.3, -0.25) is 4.90 Å². The number of benzene rings is 1. The maximum absolute atomic E-state index is 11.2. The first-order valence-corrected chi connectivity index (χ1v) is 7.02. The van der Waals surface area contributed by atoms with Crippen LogP contribution in [-0.4, -0.2) is 39.6 Å². The number of morpholine rings is 1. The lowest BCUT2D eigenvalue weighted by molar-refractivity contribution is 0.0341. The summed E-state index contributed by atoms with van der Waals surface area (Å²) in [7, 11) is -3.61. The summed E-state index contributed by atoms with van der Waals surface area (Å²) in [5, 5.41) is 5.10. The highest BCUT2D eigenvalue weighted by Gasteiger charge is 2.12. The molecule has 17 heavy (non-hydrogen) atoms. The topological polar surface area (TPSA) is 72.6 Å². The largest absolute Gasteiger partial charge is 0.379 e. The first kappa shape index (κ1) is 12.5. The Kier molecular flexibility index (Phi) is 3.78. The molecule has 5 nitrogen and oxygen atoms in total. The van der Waals surface area contributed by atoms with Crippen molar-refractivity contribution in [3.8, 4) is 0 Å². The molecule has 0 unspecified atom stereocenters. The van der Waals surface area contributed by atoms with Gasteiger partial charge in [0.25, 0.3) is 0 Å². The molecule has 1 heterocycles. The maximum Gasteiger partial charge on any atom is 0.238 e. The number of ether oxygens (including phenoxy) is 1. The molecule has 0 radical (unpaired) electrons. The van der Waals surface area contributed by atoms with E-state index >= 15 is 0 Å². The van der Waals surface area contributed by atoms with Gasteiger partial charge in [-0.15, -0.1) is 0 Å². The highest BCUT2D eigenvalue weighted by atomic mass is 32.2. The first-order chi connectivity index (χ1) is 8.05. The minimum Gasteiger partial charge on any atom is -0.379 e. The molecule has 0 spiro atoms. The van der Waals surface area contributed by atoms with E-state index in [9.17, 15) is 8.42 Å². The average molecular weight is 256 g/mol. The first-order valence-electron chi connectivity index (χ1n) is 5.47. The fourth-order valence-corrected chi connectivity index (χ4v) is 2.42. The number of nitrogens with two attached hydrogens (primary N) is 1. The maximum atomic E-state index is 11.2. The Morgan fingerprint density at radius 1 is 1.29 bits per heavy atom. The van der Waals surface area contributed by atoms with Crippen LogP contribution >= 0.6 is 0 Å². The minimum atomic E-state index is -3.61. The molecular formula is C11H16N2O3S. The van der Waals surface area contributed by atoms with E-state index in [-0.39, 0.29) is 4.90 Å². The summed E-state index contributed by atoms with van der Waals surface area (Å²) in [6.07, 6.45) is 0. The molecule has 6 heteroatoms. The summed E-state index contributed by atoms with van der Waals surface area (Å²) in [6.45, 7) is 3.94. The quantitative estimate of drug-likeness (QED) is 0.836. The molecule has 2 N–H and O–H groups in total. The third-order valence-electron chi connectivity index (χ3n) is 2.74. The summed E-state index contributed by atoms with van der Waals surface area (Å²) >= 11 is 0. The molecule has 1 aliphatic heterocycles. The predicted molar refractivity (Wildman–Crippen MR) is 63.9 cm³/mol. The van der Waals surface area contributed by atoms with Gasteiger partial charge in [-0.25, -0.2) is 13.6 Å². The summed E-state index contributed by atoms with van der Waals surface area (Å²) in [6, 6.07) is 6.77. The van der Waals surface area contributed by atoms with Gasteiger partial charge in [-0.1, -0.05) is 12.1 Å². The lowest BCUT2D eigenvalue weighted by Gasteiger charge is -2.26. The Morgan fingerprint density at radius 3 is 2.65 bits per heavy atom. The molecule has 2 rings (SSSR count). The molecule has 0 amide bonds. The number of primary sulfonamides is 1. The molecule has 1 aliphatic rings. The highest BCUT2D eigenvalue weighted by Crippen LogP contribution is 2.12.